The summed E-state index contributed by atoms with van der Waals surface area (Å²) in [4.78, 5) is 12.0. The van der Waals surface area contributed by atoms with Gasteiger partial charge >= 0.3 is 0 Å². The highest BCUT2D eigenvalue weighted by atomic mass is 16.1. The van der Waals surface area contributed by atoms with Gasteiger partial charge in [0.25, 0.3) is 0 Å². The summed E-state index contributed by atoms with van der Waals surface area (Å²) in [6.07, 6.45) is 10.8. The van der Waals surface area contributed by atoms with Crippen LogP contribution in [0.5, 0.6) is 0 Å². The van der Waals surface area contributed by atoms with Crippen LogP contribution < -0.4 is 0 Å². The van der Waals surface area contributed by atoms with Crippen LogP contribution in [0.4, 0.5) is 0 Å². The molecule has 0 N–H and O–H groups in total. The molecule has 110 valence electrons. The summed E-state index contributed by atoms with van der Waals surface area (Å²) >= 11 is 0. The van der Waals surface area contributed by atoms with Gasteiger partial charge in [0, 0.05) is 0 Å². The minimum Gasteiger partial charge on any atom is -0.290 e. The second kappa shape index (κ2) is 6.71. The minimum atomic E-state index is 0.0422. The molecule has 1 nitrogen and oxygen atoms in total. The van der Waals surface area contributed by atoms with Crippen molar-refractivity contribution in [2.45, 2.75) is 40.0 Å². The average Bonchev–Trinajstić information content (AvgIpc) is 2.45. The Hall–Kier alpha value is -1.89. The zero-order valence-electron chi connectivity index (χ0n) is 13.2. The maximum Gasteiger partial charge on any atom is 0.178 e. The van der Waals surface area contributed by atoms with E-state index >= 15 is 0 Å². The van der Waals surface area contributed by atoms with Gasteiger partial charge < -0.3 is 0 Å². The maximum absolute atomic E-state index is 12.0. The highest BCUT2D eigenvalue weighted by Gasteiger charge is 2.26. The normalized spacial score (nSPS) is 18.6. The van der Waals surface area contributed by atoms with Gasteiger partial charge in [0.2, 0.25) is 0 Å². The summed E-state index contributed by atoms with van der Waals surface area (Å²) in [7, 11) is 0. The number of carbonyl (C=O) groups excluding carboxylic acids is 1. The van der Waals surface area contributed by atoms with Crippen molar-refractivity contribution < 1.29 is 4.79 Å². The van der Waals surface area contributed by atoms with E-state index < -0.39 is 0 Å². The van der Waals surface area contributed by atoms with Crippen LogP contribution in [0, 0.1) is 5.41 Å². The molecule has 0 saturated heterocycles. The summed E-state index contributed by atoms with van der Waals surface area (Å²) in [6.45, 7) is 6.71. The third-order valence-electron chi connectivity index (χ3n) is 4.20. The molecule has 1 aromatic carbocycles. The zero-order chi connectivity index (χ0) is 15.3. The van der Waals surface area contributed by atoms with Crippen molar-refractivity contribution in [1.29, 1.82) is 0 Å². The molecule has 0 aliphatic heterocycles. The first-order valence-corrected chi connectivity index (χ1v) is 7.64. The summed E-state index contributed by atoms with van der Waals surface area (Å²) in [5.74, 6) is 0.0422. The lowest BCUT2D eigenvalue weighted by Gasteiger charge is -2.32. The predicted molar refractivity (Wildman–Crippen MR) is 90.0 cm³/mol. The van der Waals surface area contributed by atoms with E-state index in [1.807, 2.05) is 42.5 Å². The Balaban J connectivity index is 2.07. The standard InChI is InChI=1S/C20H24O/c1-16-8-7-15-20(2,3)19(16)14-13-18(21)12-11-17-9-5-4-6-10-17/h4-6,9-14H,7-8,15H2,1-3H3/b12-11+,14-13+. The molecule has 0 radical (unpaired) electrons. The molecule has 0 heterocycles. The monoisotopic (exact) mass is 280 g/mol. The zero-order valence-corrected chi connectivity index (χ0v) is 13.2. The molecule has 1 aliphatic rings. The molecule has 1 aromatic rings. The first-order chi connectivity index (χ1) is 9.99. The molecular formula is C20H24O. The lowest BCUT2D eigenvalue weighted by Crippen LogP contribution is -2.19. The van der Waals surface area contributed by atoms with E-state index in [2.05, 4.69) is 20.8 Å². The Bertz CT molecular complexity index is 586. The van der Waals surface area contributed by atoms with Gasteiger partial charge in [0.15, 0.2) is 5.78 Å². The van der Waals surface area contributed by atoms with E-state index in [0.29, 0.717) is 0 Å². The number of allylic oxidation sites excluding steroid dienone is 5. The lowest BCUT2D eigenvalue weighted by atomic mass is 9.72. The van der Waals surface area contributed by atoms with Crippen molar-refractivity contribution in [3.05, 3.63) is 65.3 Å². The van der Waals surface area contributed by atoms with Gasteiger partial charge in [-0.3, -0.25) is 4.79 Å². The fraction of sp³-hybridized carbons (Fsp3) is 0.350. The molecule has 0 unspecified atom stereocenters. The highest BCUT2D eigenvalue weighted by Crippen LogP contribution is 2.40. The number of hydrogen-bond donors (Lipinski definition) is 0. The molecule has 0 spiro atoms. The smallest absolute Gasteiger partial charge is 0.178 e. The number of carbonyl (C=O) groups is 1. The predicted octanol–water partition coefficient (Wildman–Crippen LogP) is 5.35. The number of benzene rings is 1. The van der Waals surface area contributed by atoms with E-state index in [1.54, 1.807) is 12.2 Å². The second-order valence-electron chi connectivity index (χ2n) is 6.41. The Morgan fingerprint density at radius 2 is 1.76 bits per heavy atom. The van der Waals surface area contributed by atoms with Gasteiger partial charge in [0.1, 0.15) is 0 Å². The fourth-order valence-electron chi connectivity index (χ4n) is 2.97. The average molecular weight is 280 g/mol. The van der Waals surface area contributed by atoms with Crippen LogP contribution in [-0.2, 0) is 4.79 Å². The number of hydrogen-bond acceptors (Lipinski definition) is 1. The molecule has 0 aromatic heterocycles. The van der Waals surface area contributed by atoms with Gasteiger partial charge in [-0.1, -0.05) is 61.9 Å². The molecule has 0 fully saturated rings. The van der Waals surface area contributed by atoms with E-state index in [4.69, 9.17) is 0 Å². The highest BCUT2D eigenvalue weighted by molar-refractivity contribution is 6.02. The van der Waals surface area contributed by atoms with E-state index in [9.17, 15) is 4.79 Å². The Morgan fingerprint density at radius 1 is 1.10 bits per heavy atom. The van der Waals surface area contributed by atoms with Crippen molar-refractivity contribution in [3.8, 4) is 0 Å². The summed E-state index contributed by atoms with van der Waals surface area (Å²) < 4.78 is 0. The number of rotatable bonds is 4. The summed E-state index contributed by atoms with van der Waals surface area (Å²) in [5.41, 5.74) is 3.98. The second-order valence-corrected chi connectivity index (χ2v) is 6.41. The Kier molecular flexibility index (Phi) is 4.95. The third-order valence-corrected chi connectivity index (χ3v) is 4.20. The van der Waals surface area contributed by atoms with Crippen LogP contribution in [0.3, 0.4) is 0 Å². The van der Waals surface area contributed by atoms with Crippen LogP contribution in [0.2, 0.25) is 0 Å². The molecular weight excluding hydrogens is 256 g/mol. The van der Waals surface area contributed by atoms with Crippen molar-refractivity contribution in [3.63, 3.8) is 0 Å². The molecule has 0 amide bonds. The van der Waals surface area contributed by atoms with E-state index in [1.165, 1.54) is 24.0 Å². The summed E-state index contributed by atoms with van der Waals surface area (Å²) in [5, 5.41) is 0. The fourth-order valence-corrected chi connectivity index (χ4v) is 2.97. The lowest BCUT2D eigenvalue weighted by molar-refractivity contribution is -0.110. The van der Waals surface area contributed by atoms with Gasteiger partial charge in [-0.15, -0.1) is 0 Å². The van der Waals surface area contributed by atoms with E-state index in [0.717, 1.165) is 12.0 Å². The Labute approximate surface area is 128 Å². The van der Waals surface area contributed by atoms with Gasteiger partial charge in [-0.25, -0.2) is 0 Å². The van der Waals surface area contributed by atoms with Crippen LogP contribution in [0.15, 0.2) is 59.7 Å². The Morgan fingerprint density at radius 3 is 2.43 bits per heavy atom. The molecule has 1 aliphatic carbocycles. The van der Waals surface area contributed by atoms with Gasteiger partial charge in [0.05, 0.1) is 0 Å². The first-order valence-electron chi connectivity index (χ1n) is 7.64. The molecule has 0 atom stereocenters. The first kappa shape index (κ1) is 15.5. The summed E-state index contributed by atoms with van der Waals surface area (Å²) in [6, 6.07) is 9.89. The van der Waals surface area contributed by atoms with Crippen molar-refractivity contribution in [1.82, 2.24) is 0 Å². The molecule has 0 bridgehead atoms. The van der Waals surface area contributed by atoms with Gasteiger partial charge in [-0.05, 0) is 54.9 Å². The van der Waals surface area contributed by atoms with E-state index in [-0.39, 0.29) is 11.2 Å². The van der Waals surface area contributed by atoms with Crippen molar-refractivity contribution in [2.24, 2.45) is 5.41 Å². The van der Waals surface area contributed by atoms with Crippen LogP contribution in [0.25, 0.3) is 6.08 Å². The molecule has 1 heteroatoms. The third kappa shape index (κ3) is 4.29. The SMILES string of the molecule is CC1=C(/C=C/C(=O)/C=C/c2ccccc2)C(C)(C)CCC1. The minimum absolute atomic E-state index is 0.0422. The van der Waals surface area contributed by atoms with Crippen molar-refractivity contribution >= 4 is 11.9 Å². The topological polar surface area (TPSA) is 17.1 Å². The van der Waals surface area contributed by atoms with Gasteiger partial charge in [-0.2, -0.15) is 0 Å². The number of ketones is 1. The largest absolute Gasteiger partial charge is 0.290 e. The molecule has 21 heavy (non-hydrogen) atoms. The van der Waals surface area contributed by atoms with Crippen LogP contribution in [-0.4, -0.2) is 5.78 Å². The quantitative estimate of drug-likeness (QED) is 0.679. The van der Waals surface area contributed by atoms with Crippen molar-refractivity contribution in [2.75, 3.05) is 0 Å². The maximum atomic E-state index is 12.0. The molecule has 2 rings (SSSR count). The van der Waals surface area contributed by atoms with Crippen LogP contribution >= 0.6 is 0 Å². The molecule has 0 saturated carbocycles. The van der Waals surface area contributed by atoms with Crippen LogP contribution in [0.1, 0.15) is 45.6 Å².